The zero-order valence-electron chi connectivity index (χ0n) is 64.9. The predicted molar refractivity (Wildman–Crippen MR) is 418 cm³/mol. The molecule has 0 spiro atoms. The van der Waals surface area contributed by atoms with E-state index in [1.807, 2.05) is 12.1 Å². The van der Waals surface area contributed by atoms with E-state index in [0.29, 0.717) is 19.3 Å². The highest BCUT2D eigenvalue weighted by Gasteiger charge is 2.39. The summed E-state index contributed by atoms with van der Waals surface area (Å²) < 4.78 is 19.7. The van der Waals surface area contributed by atoms with Crippen molar-refractivity contribution in [2.75, 3.05) is 46.0 Å². The number of aromatic nitrogens is 2. The number of nitriles is 2. The van der Waals surface area contributed by atoms with E-state index in [2.05, 4.69) is 56.3 Å². The summed E-state index contributed by atoms with van der Waals surface area (Å²) in [6, 6.07) is 21.2. The Bertz CT molecular complexity index is 4030. The maximum absolute atomic E-state index is 14.0. The summed E-state index contributed by atoms with van der Waals surface area (Å²) >= 11 is 0. The molecule has 0 bridgehead atoms. The first kappa shape index (κ1) is 87.6. The molecular formula is C84H111N13O12. The zero-order valence-corrected chi connectivity index (χ0v) is 64.9. The average Bonchev–Trinajstić information content (AvgIpc) is 0.796. The van der Waals surface area contributed by atoms with E-state index in [0.717, 1.165) is 91.1 Å². The summed E-state index contributed by atoms with van der Waals surface area (Å²) in [5, 5.41) is 68.2. The molecule has 2 N–H and O–H groups in total. The van der Waals surface area contributed by atoms with Crippen molar-refractivity contribution < 1.29 is 48.4 Å². The minimum Gasteiger partial charge on any atom is -0.493 e. The van der Waals surface area contributed by atoms with E-state index in [9.17, 15) is 54.3 Å². The second kappa shape index (κ2) is 48.9. The van der Waals surface area contributed by atoms with Crippen molar-refractivity contribution >= 4 is 58.2 Å². The topological polar surface area (TPSA) is 330 Å². The molecule has 3 heterocycles. The largest absolute Gasteiger partial charge is 0.493 e. The summed E-state index contributed by atoms with van der Waals surface area (Å²) in [7, 11) is 0. The Labute approximate surface area is 642 Å². The number of esters is 3. The molecule has 1 atom stereocenters. The monoisotopic (exact) mass is 1490 g/mol. The standard InChI is InChI=1S/C84H111N13O12/c1-8-11-14-17-20-23-26-29-32-41-50-95-76(98)67(59-85)61(4)73(79(95)101)91-88-69-47-38-35-44-64(69)82(104)107-56-53-94(54-57-108-83(105)65-45-36-39-48-70(65)89-92-74-62(5)68(60-86)77(99)96(80(74)102)51-42-33-30-27-24-21-18-15-12-9-2)55-58-109-84(106)66-46-37-40-49-71(66)90-93-75-63(6)72(87-7)78(100)97(81(75)103)52-43-34-31-28-25-22-19-16-13-10-3/h35-40,44-49,75,98-99H,8-34,41-43,50-58H2,1-6H3. The van der Waals surface area contributed by atoms with Crippen molar-refractivity contribution in [2.24, 2.45) is 30.7 Å². The van der Waals surface area contributed by atoms with E-state index in [1.165, 1.54) is 153 Å². The molecule has 3 aromatic carbocycles. The molecule has 1 unspecified atom stereocenters. The SMILES string of the molecule is [C-]#[N+]C1=C(C)C(N=Nc2ccccc2C(=O)OCCN(CCOC(=O)c2ccccc2N=Nc2c(C)c(C#N)c(O)n(CCCCCCCCCCCC)c2=O)CCOC(=O)c2ccccc2N=Nc2c(C)c(C#N)c(O)n(CCCCCCCCCCCC)c2=O)C(=O)N(CCCCCCCCCCCC)C1=O. The minimum atomic E-state index is -1.30. The van der Waals surface area contributed by atoms with Crippen molar-refractivity contribution in [3.05, 3.63) is 155 Å². The molecular weight excluding hydrogens is 1380 g/mol. The van der Waals surface area contributed by atoms with Crippen molar-refractivity contribution in [1.82, 2.24) is 18.9 Å². The van der Waals surface area contributed by atoms with Crippen LogP contribution in [0.25, 0.3) is 4.85 Å². The number of amides is 2. The molecule has 1 aliphatic rings. The Kier molecular flexibility index (Phi) is 39.3. The molecule has 25 heteroatoms. The van der Waals surface area contributed by atoms with Crippen molar-refractivity contribution in [3.8, 4) is 23.9 Å². The number of carbonyl (C=O) groups is 5. The highest BCUT2D eigenvalue weighted by atomic mass is 16.5. The number of imide groups is 1. The fourth-order valence-corrected chi connectivity index (χ4v) is 13.0. The number of azo groups is 3. The lowest BCUT2D eigenvalue weighted by atomic mass is 10.00. The van der Waals surface area contributed by atoms with Gasteiger partial charge >= 0.3 is 17.9 Å². The third-order valence-electron chi connectivity index (χ3n) is 19.7. The number of pyridine rings is 2. The van der Waals surface area contributed by atoms with Crippen LogP contribution in [0.4, 0.5) is 28.4 Å². The number of aromatic hydroxyl groups is 2. The van der Waals surface area contributed by atoms with Gasteiger partial charge in [-0.15, -0.1) is 20.5 Å². The molecule has 0 fully saturated rings. The van der Waals surface area contributed by atoms with Crippen LogP contribution >= 0.6 is 0 Å². The fraction of sp³-hybridized carbons (Fsp3) is 0.548. The van der Waals surface area contributed by atoms with Gasteiger partial charge in [-0.05, 0) is 75.1 Å². The smallest absolute Gasteiger partial charge is 0.340 e. The van der Waals surface area contributed by atoms with E-state index in [4.69, 9.17) is 20.8 Å². The predicted octanol–water partition coefficient (Wildman–Crippen LogP) is 19.6. The maximum Gasteiger partial charge on any atom is 0.340 e. The van der Waals surface area contributed by atoms with Gasteiger partial charge in [0.15, 0.2) is 17.4 Å². The normalized spacial score (nSPS) is 13.1. The Morgan fingerprint density at radius 3 is 1.11 bits per heavy atom. The van der Waals surface area contributed by atoms with Gasteiger partial charge in [-0.25, -0.2) is 19.2 Å². The van der Waals surface area contributed by atoms with Crippen LogP contribution in [0.3, 0.4) is 0 Å². The van der Waals surface area contributed by atoms with Crippen LogP contribution in [-0.4, -0.2) is 111 Å². The molecule has 0 saturated heterocycles. The Balaban J connectivity index is 1.17. The van der Waals surface area contributed by atoms with Crippen molar-refractivity contribution in [3.63, 3.8) is 0 Å². The van der Waals surface area contributed by atoms with Gasteiger partial charge in [0.2, 0.25) is 11.8 Å². The lowest BCUT2D eigenvalue weighted by Crippen LogP contribution is -2.48. The van der Waals surface area contributed by atoms with Crippen LogP contribution in [0.15, 0.2) is 124 Å². The number of unbranched alkanes of at least 4 members (excludes halogenated alkanes) is 27. The van der Waals surface area contributed by atoms with Gasteiger partial charge in [-0.3, -0.25) is 38.1 Å². The van der Waals surface area contributed by atoms with Crippen LogP contribution in [0, 0.1) is 43.1 Å². The van der Waals surface area contributed by atoms with Gasteiger partial charge in [-0.1, -0.05) is 237 Å². The molecule has 6 rings (SSSR count). The molecule has 2 amide bonds. The van der Waals surface area contributed by atoms with E-state index < -0.39 is 58.6 Å². The summed E-state index contributed by atoms with van der Waals surface area (Å²) in [4.78, 5) is 104. The first-order chi connectivity index (χ1) is 53.0. The lowest BCUT2D eigenvalue weighted by molar-refractivity contribution is -0.144. The van der Waals surface area contributed by atoms with Gasteiger partial charge < -0.3 is 24.4 Å². The van der Waals surface area contributed by atoms with Gasteiger partial charge in [-0.2, -0.15) is 20.8 Å². The van der Waals surface area contributed by atoms with Crippen LogP contribution in [-0.2, 0) is 36.9 Å². The van der Waals surface area contributed by atoms with Crippen LogP contribution in [0.1, 0.15) is 274 Å². The summed E-state index contributed by atoms with van der Waals surface area (Å²) in [5.41, 5.74) is -1.65. The van der Waals surface area contributed by atoms with E-state index in [1.54, 1.807) is 41.3 Å². The van der Waals surface area contributed by atoms with Crippen LogP contribution < -0.4 is 11.1 Å². The van der Waals surface area contributed by atoms with Crippen molar-refractivity contribution in [2.45, 2.75) is 253 Å². The number of hydrogen-bond acceptors (Lipinski definition) is 21. The van der Waals surface area contributed by atoms with Gasteiger partial charge in [0, 0.05) is 50.4 Å². The molecule has 109 heavy (non-hydrogen) atoms. The van der Waals surface area contributed by atoms with Gasteiger partial charge in [0.25, 0.3) is 28.6 Å². The molecule has 25 nitrogen and oxygen atoms in total. The third kappa shape index (κ3) is 27.1. The highest BCUT2D eigenvalue weighted by Crippen LogP contribution is 2.33. The minimum absolute atomic E-state index is 0.0101. The second-order valence-electron chi connectivity index (χ2n) is 27.8. The molecule has 0 radical (unpaired) electrons. The van der Waals surface area contributed by atoms with Gasteiger partial charge in [0.05, 0.1) is 28.9 Å². The molecule has 2 aromatic heterocycles. The molecule has 5 aromatic rings. The average molecular weight is 1490 g/mol. The highest BCUT2D eigenvalue weighted by molar-refractivity contribution is 6.11. The summed E-state index contributed by atoms with van der Waals surface area (Å²) in [6.07, 6.45) is 31.8. The number of carbonyl (C=O) groups excluding carboxylic acids is 5. The Morgan fingerprint density at radius 1 is 0.468 bits per heavy atom. The zero-order chi connectivity index (χ0) is 78.7. The van der Waals surface area contributed by atoms with E-state index >= 15 is 0 Å². The van der Waals surface area contributed by atoms with Crippen molar-refractivity contribution in [1.29, 1.82) is 10.5 Å². The quantitative estimate of drug-likeness (QED) is 0.00912. The summed E-state index contributed by atoms with van der Waals surface area (Å²) in [6.45, 7) is 18.5. The fourth-order valence-electron chi connectivity index (χ4n) is 13.0. The third-order valence-corrected chi connectivity index (χ3v) is 19.7. The number of rotatable bonds is 51. The molecule has 0 saturated carbocycles. The summed E-state index contributed by atoms with van der Waals surface area (Å²) in [5.74, 6) is -4.65. The Hall–Kier alpha value is -10.3. The van der Waals surface area contributed by atoms with Gasteiger partial charge in [0.1, 0.15) is 54.5 Å². The number of ether oxygens (including phenoxy) is 3. The van der Waals surface area contributed by atoms with Crippen LogP contribution in [0.5, 0.6) is 11.8 Å². The number of nitrogens with zero attached hydrogens (tertiary/aromatic N) is 13. The number of benzene rings is 3. The van der Waals surface area contributed by atoms with E-state index in [-0.39, 0.29) is 138 Å². The first-order valence-corrected chi connectivity index (χ1v) is 39.4. The maximum atomic E-state index is 14.0. The second-order valence-corrected chi connectivity index (χ2v) is 27.8. The molecule has 1 aliphatic heterocycles. The first-order valence-electron chi connectivity index (χ1n) is 39.4. The molecule has 0 aliphatic carbocycles. The molecule has 584 valence electrons. The number of hydrogen-bond donors (Lipinski definition) is 2. The Morgan fingerprint density at radius 2 is 0.780 bits per heavy atom. The van der Waals surface area contributed by atoms with Crippen LogP contribution in [0.2, 0.25) is 0 Å². The lowest BCUT2D eigenvalue weighted by Gasteiger charge is -2.29.